The standard InChI is InChI=1S/C31H25Cl2FN4O3/c32-17-6-7-19-21(13-17)35-30(41)31(19)26(18-2-1-3-20(33)27(18)34)25-22(38(31)14-15-4-5-15)8-9-23-28(25)36-24-12-16(29(39)40)10-11-37(23)24/h1-3,6-7,10-13,15,22,25-26H,4-5,8-9,14H2,(H,35,41)(H,39,40)/t22-,25+,26?,31+/m1/s1. The molecule has 4 atom stereocenters. The van der Waals surface area contributed by atoms with Gasteiger partial charge in [0.1, 0.15) is 17.0 Å². The molecule has 1 saturated heterocycles. The molecule has 2 aliphatic heterocycles. The fourth-order valence-corrected chi connectivity index (χ4v) is 8.12. The van der Waals surface area contributed by atoms with Gasteiger partial charge in [0.2, 0.25) is 5.91 Å². The molecule has 2 N–H and O–H groups in total. The number of hydrogen-bond acceptors (Lipinski definition) is 4. The van der Waals surface area contributed by atoms with Crippen molar-refractivity contribution in [1.29, 1.82) is 0 Å². The van der Waals surface area contributed by atoms with Crippen LogP contribution < -0.4 is 5.32 Å². The van der Waals surface area contributed by atoms with Gasteiger partial charge in [-0.05, 0) is 67.5 Å². The zero-order chi connectivity index (χ0) is 28.2. The van der Waals surface area contributed by atoms with Crippen LogP contribution in [0.5, 0.6) is 0 Å². The van der Waals surface area contributed by atoms with Crippen molar-refractivity contribution in [3.05, 3.63) is 98.7 Å². The summed E-state index contributed by atoms with van der Waals surface area (Å²) >= 11 is 12.7. The lowest BCUT2D eigenvalue weighted by atomic mass is 9.68. The maximum absolute atomic E-state index is 16.1. The molecule has 0 bridgehead atoms. The topological polar surface area (TPSA) is 86.9 Å². The molecule has 208 valence electrons. The average Bonchev–Trinajstić information content (AvgIpc) is 3.53. The molecule has 41 heavy (non-hydrogen) atoms. The zero-order valence-corrected chi connectivity index (χ0v) is 23.3. The van der Waals surface area contributed by atoms with E-state index in [1.165, 1.54) is 6.07 Å². The number of halogens is 3. The van der Waals surface area contributed by atoms with E-state index in [0.29, 0.717) is 40.8 Å². The maximum atomic E-state index is 16.1. The van der Waals surface area contributed by atoms with Crippen molar-refractivity contribution in [3.8, 4) is 0 Å². The molecule has 8 rings (SSSR count). The zero-order valence-electron chi connectivity index (χ0n) is 21.8. The van der Waals surface area contributed by atoms with E-state index in [2.05, 4.69) is 10.2 Å². The highest BCUT2D eigenvalue weighted by Crippen LogP contribution is 2.65. The van der Waals surface area contributed by atoms with Crippen LogP contribution in [-0.2, 0) is 16.8 Å². The smallest absolute Gasteiger partial charge is 0.335 e. The Balaban J connectivity index is 1.43. The number of amides is 1. The van der Waals surface area contributed by atoms with Crippen LogP contribution in [0.1, 0.15) is 64.0 Å². The van der Waals surface area contributed by atoms with E-state index in [1.807, 2.05) is 10.5 Å². The number of hydrogen-bond donors (Lipinski definition) is 2. The first kappa shape index (κ1) is 25.3. The molecule has 1 unspecified atom stereocenters. The molecule has 4 aliphatic rings. The van der Waals surface area contributed by atoms with Gasteiger partial charge in [0.25, 0.3) is 0 Å². The quantitative estimate of drug-likeness (QED) is 0.294. The third-order valence-electron chi connectivity index (χ3n) is 9.53. The number of rotatable bonds is 4. The van der Waals surface area contributed by atoms with Crippen LogP contribution in [-0.4, -0.2) is 43.9 Å². The van der Waals surface area contributed by atoms with Gasteiger partial charge < -0.3 is 14.8 Å². The van der Waals surface area contributed by atoms with Crippen LogP contribution >= 0.6 is 23.2 Å². The Labute approximate surface area is 244 Å². The predicted octanol–water partition coefficient (Wildman–Crippen LogP) is 6.23. The highest BCUT2D eigenvalue weighted by molar-refractivity contribution is 6.31. The number of likely N-dealkylation sites (tertiary alicyclic amines) is 1. The van der Waals surface area contributed by atoms with Gasteiger partial charge in [-0.3, -0.25) is 9.69 Å². The van der Waals surface area contributed by atoms with Crippen molar-refractivity contribution >= 4 is 46.4 Å². The summed E-state index contributed by atoms with van der Waals surface area (Å²) in [6, 6.07) is 13.5. The normalized spacial score (nSPS) is 26.7. The van der Waals surface area contributed by atoms with Crippen molar-refractivity contribution in [3.63, 3.8) is 0 Å². The Morgan fingerprint density at radius 3 is 2.76 bits per heavy atom. The molecular weight excluding hydrogens is 566 g/mol. The fraction of sp³-hybridized carbons (Fsp3) is 0.323. The van der Waals surface area contributed by atoms with Crippen molar-refractivity contribution in [2.45, 2.75) is 49.1 Å². The van der Waals surface area contributed by atoms with Crippen LogP contribution in [0.15, 0.2) is 54.7 Å². The van der Waals surface area contributed by atoms with E-state index in [4.69, 9.17) is 28.2 Å². The number of pyridine rings is 1. The predicted molar refractivity (Wildman–Crippen MR) is 152 cm³/mol. The molecule has 2 aliphatic carbocycles. The first-order valence-corrected chi connectivity index (χ1v) is 14.6. The average molecular weight is 591 g/mol. The molecule has 0 radical (unpaired) electrons. The Morgan fingerprint density at radius 2 is 1.98 bits per heavy atom. The van der Waals surface area contributed by atoms with Crippen molar-refractivity contribution < 1.29 is 19.1 Å². The molecule has 1 amide bonds. The molecule has 10 heteroatoms. The lowest BCUT2D eigenvalue weighted by Gasteiger charge is -2.40. The number of aromatic nitrogens is 2. The summed E-state index contributed by atoms with van der Waals surface area (Å²) in [4.78, 5) is 33.5. The van der Waals surface area contributed by atoms with E-state index in [1.54, 1.807) is 42.6 Å². The highest BCUT2D eigenvalue weighted by Gasteiger charge is 2.68. The van der Waals surface area contributed by atoms with Gasteiger partial charge in [-0.25, -0.2) is 14.2 Å². The second kappa shape index (κ2) is 8.77. The second-order valence-electron chi connectivity index (χ2n) is 11.7. The summed E-state index contributed by atoms with van der Waals surface area (Å²) in [5, 5.41) is 13.2. The van der Waals surface area contributed by atoms with Crippen molar-refractivity contribution in [2.24, 2.45) is 5.92 Å². The number of fused-ring (bicyclic) bond motifs is 7. The lowest BCUT2D eigenvalue weighted by molar-refractivity contribution is -0.128. The summed E-state index contributed by atoms with van der Waals surface area (Å²) in [7, 11) is 0. The molecule has 1 spiro atoms. The molecule has 7 nitrogen and oxygen atoms in total. The van der Waals surface area contributed by atoms with Crippen LogP contribution in [0.25, 0.3) is 5.65 Å². The molecule has 4 heterocycles. The third-order valence-corrected chi connectivity index (χ3v) is 10.1. The number of nitrogens with one attached hydrogen (secondary N) is 1. The Hall–Kier alpha value is -3.46. The number of anilines is 1. The molecular formula is C31H25Cl2FN4O3. The summed E-state index contributed by atoms with van der Waals surface area (Å²) < 4.78 is 18.1. The summed E-state index contributed by atoms with van der Waals surface area (Å²) in [5.74, 6) is -2.29. The van der Waals surface area contributed by atoms with E-state index in [0.717, 1.165) is 36.2 Å². The number of aryl methyl sites for hydroxylation is 1. The number of carbonyl (C=O) groups excluding carboxylic acids is 1. The number of benzene rings is 2. The molecule has 2 aromatic carbocycles. The first-order valence-electron chi connectivity index (χ1n) is 13.9. The Morgan fingerprint density at radius 1 is 1.15 bits per heavy atom. The van der Waals surface area contributed by atoms with Crippen LogP contribution in [0.3, 0.4) is 0 Å². The number of nitrogens with zero attached hydrogens (tertiary/aromatic N) is 3. The van der Waals surface area contributed by atoms with Gasteiger partial charge >= 0.3 is 5.97 Å². The number of carbonyl (C=O) groups is 2. The maximum Gasteiger partial charge on any atom is 0.335 e. The summed E-state index contributed by atoms with van der Waals surface area (Å²) in [5.41, 5.74) is 3.00. The largest absolute Gasteiger partial charge is 0.478 e. The number of imidazole rings is 1. The van der Waals surface area contributed by atoms with Gasteiger partial charge in [-0.15, -0.1) is 0 Å². The van der Waals surface area contributed by atoms with Gasteiger partial charge in [0.15, 0.2) is 0 Å². The molecule has 4 aromatic rings. The lowest BCUT2D eigenvalue weighted by Crippen LogP contribution is -2.52. The van der Waals surface area contributed by atoms with E-state index < -0.39 is 23.2 Å². The molecule has 1 saturated carbocycles. The summed E-state index contributed by atoms with van der Waals surface area (Å²) in [6.45, 7) is 0.710. The Kier molecular flexibility index (Phi) is 5.40. The third kappa shape index (κ3) is 3.44. The molecule has 2 aromatic heterocycles. The van der Waals surface area contributed by atoms with E-state index in [-0.39, 0.29) is 28.5 Å². The van der Waals surface area contributed by atoms with E-state index in [9.17, 15) is 14.7 Å². The SMILES string of the molecule is O=C(O)c1ccn2c3c(nc2c1)[C@@H]1C(c2cccc(Cl)c2F)[C@@]2(C(=O)Nc4cc(Cl)ccc42)N(CC2CC2)[C@@H]1CC3. The van der Waals surface area contributed by atoms with Crippen LogP contribution in [0, 0.1) is 11.7 Å². The fourth-order valence-electron chi connectivity index (χ4n) is 7.76. The van der Waals surface area contributed by atoms with Gasteiger partial charge in [0, 0.05) is 52.6 Å². The van der Waals surface area contributed by atoms with Crippen LogP contribution in [0.2, 0.25) is 10.0 Å². The van der Waals surface area contributed by atoms with Crippen molar-refractivity contribution in [1.82, 2.24) is 14.3 Å². The minimum absolute atomic E-state index is 0.00159. The first-order chi connectivity index (χ1) is 19.8. The van der Waals surface area contributed by atoms with Crippen molar-refractivity contribution in [2.75, 3.05) is 11.9 Å². The van der Waals surface area contributed by atoms with Gasteiger partial charge in [-0.1, -0.05) is 41.4 Å². The van der Waals surface area contributed by atoms with Gasteiger partial charge in [-0.2, -0.15) is 0 Å². The highest BCUT2D eigenvalue weighted by atomic mass is 35.5. The summed E-state index contributed by atoms with van der Waals surface area (Å²) in [6.07, 6.45) is 5.36. The second-order valence-corrected chi connectivity index (χ2v) is 12.5. The molecule has 2 fully saturated rings. The number of carboxylic acids is 1. The van der Waals surface area contributed by atoms with E-state index >= 15 is 4.39 Å². The van der Waals surface area contributed by atoms with Crippen LogP contribution in [0.4, 0.5) is 10.1 Å². The minimum atomic E-state index is -1.20. The minimum Gasteiger partial charge on any atom is -0.478 e. The number of carboxylic acid groups (broad SMARTS) is 1. The van der Waals surface area contributed by atoms with Gasteiger partial charge in [0.05, 0.1) is 16.3 Å². The monoisotopic (exact) mass is 590 g/mol. The Bertz CT molecular complexity index is 1800. The number of aromatic carboxylic acids is 1.